The van der Waals surface area contributed by atoms with Crippen LogP contribution in [0.2, 0.25) is 0 Å². The lowest BCUT2D eigenvalue weighted by Gasteiger charge is -2.31. The van der Waals surface area contributed by atoms with Crippen molar-refractivity contribution in [3.05, 3.63) is 79.0 Å². The van der Waals surface area contributed by atoms with E-state index in [-0.39, 0.29) is 0 Å². The number of imidazole rings is 1. The van der Waals surface area contributed by atoms with Gasteiger partial charge in [-0.15, -0.1) is 0 Å². The van der Waals surface area contributed by atoms with Crippen LogP contribution in [0.3, 0.4) is 0 Å². The van der Waals surface area contributed by atoms with E-state index in [1.807, 2.05) is 30.5 Å². The van der Waals surface area contributed by atoms with E-state index in [0.717, 1.165) is 41.2 Å². The highest BCUT2D eigenvalue weighted by atomic mass is 16.5. The van der Waals surface area contributed by atoms with Crippen molar-refractivity contribution >= 4 is 17.0 Å². The molecule has 4 aromatic rings. The SMILES string of the molecule is CN(C)C1CCC(N(c2cccc(OCc3ccccc3)c2)c2ncnn3cncc23)C1. The van der Waals surface area contributed by atoms with Gasteiger partial charge >= 0.3 is 0 Å². The predicted molar refractivity (Wildman–Crippen MR) is 125 cm³/mol. The molecule has 1 fully saturated rings. The molecule has 2 unspecified atom stereocenters. The van der Waals surface area contributed by atoms with E-state index in [9.17, 15) is 0 Å². The number of rotatable bonds is 7. The Labute approximate surface area is 188 Å². The summed E-state index contributed by atoms with van der Waals surface area (Å²) in [6, 6.07) is 19.4. The average Bonchev–Trinajstić information content (AvgIpc) is 3.49. The fraction of sp³-hybridized carbons (Fsp3) is 0.320. The zero-order chi connectivity index (χ0) is 21.9. The van der Waals surface area contributed by atoms with Gasteiger partial charge in [-0.2, -0.15) is 5.10 Å². The summed E-state index contributed by atoms with van der Waals surface area (Å²) in [6.07, 6.45) is 8.49. The summed E-state index contributed by atoms with van der Waals surface area (Å²) in [5.41, 5.74) is 3.12. The summed E-state index contributed by atoms with van der Waals surface area (Å²) in [5, 5.41) is 4.31. The third-order valence-electron chi connectivity index (χ3n) is 6.25. The summed E-state index contributed by atoms with van der Waals surface area (Å²) >= 11 is 0. The Morgan fingerprint density at radius 2 is 1.88 bits per heavy atom. The molecule has 2 atom stereocenters. The quantitative estimate of drug-likeness (QED) is 0.437. The van der Waals surface area contributed by atoms with Crippen LogP contribution in [0.1, 0.15) is 24.8 Å². The van der Waals surface area contributed by atoms with Crippen LogP contribution < -0.4 is 9.64 Å². The topological polar surface area (TPSA) is 58.8 Å². The first kappa shape index (κ1) is 20.5. The zero-order valence-electron chi connectivity index (χ0n) is 18.5. The Kier molecular flexibility index (Phi) is 5.73. The Balaban J connectivity index is 1.49. The van der Waals surface area contributed by atoms with E-state index in [4.69, 9.17) is 9.72 Å². The van der Waals surface area contributed by atoms with E-state index in [1.165, 1.54) is 6.42 Å². The van der Waals surface area contributed by atoms with Gasteiger partial charge in [-0.25, -0.2) is 14.5 Å². The molecular weight excluding hydrogens is 400 g/mol. The van der Waals surface area contributed by atoms with E-state index < -0.39 is 0 Å². The number of aromatic nitrogens is 4. The van der Waals surface area contributed by atoms with Gasteiger partial charge in [-0.05, 0) is 51.1 Å². The van der Waals surface area contributed by atoms with Gasteiger partial charge in [0.05, 0.1) is 6.20 Å². The van der Waals surface area contributed by atoms with Crippen molar-refractivity contribution in [1.29, 1.82) is 0 Å². The molecule has 2 aromatic carbocycles. The number of hydrogen-bond acceptors (Lipinski definition) is 6. The van der Waals surface area contributed by atoms with Crippen LogP contribution in [0.25, 0.3) is 5.52 Å². The number of hydrogen-bond donors (Lipinski definition) is 0. The summed E-state index contributed by atoms with van der Waals surface area (Å²) in [5.74, 6) is 1.72. The van der Waals surface area contributed by atoms with Crippen molar-refractivity contribution in [2.75, 3.05) is 19.0 Å². The van der Waals surface area contributed by atoms with Crippen LogP contribution in [-0.4, -0.2) is 50.7 Å². The molecule has 2 heterocycles. The molecule has 0 amide bonds. The Bertz CT molecular complexity index is 1180. The molecule has 1 saturated carbocycles. The van der Waals surface area contributed by atoms with Crippen LogP contribution >= 0.6 is 0 Å². The Morgan fingerprint density at radius 1 is 1.03 bits per heavy atom. The average molecular weight is 429 g/mol. The minimum Gasteiger partial charge on any atom is -0.489 e. The third-order valence-corrected chi connectivity index (χ3v) is 6.25. The molecule has 0 aliphatic heterocycles. The number of anilines is 2. The maximum Gasteiger partial charge on any atom is 0.162 e. The van der Waals surface area contributed by atoms with Crippen molar-refractivity contribution in [3.8, 4) is 5.75 Å². The molecular formula is C25H28N6O. The van der Waals surface area contributed by atoms with Gasteiger partial charge in [0, 0.05) is 23.8 Å². The molecule has 7 nitrogen and oxygen atoms in total. The molecule has 1 aliphatic carbocycles. The molecule has 32 heavy (non-hydrogen) atoms. The van der Waals surface area contributed by atoms with Crippen LogP contribution in [0, 0.1) is 0 Å². The van der Waals surface area contributed by atoms with Crippen molar-refractivity contribution in [2.45, 2.75) is 38.0 Å². The molecule has 5 rings (SSSR count). The molecule has 0 bridgehead atoms. The number of fused-ring (bicyclic) bond motifs is 1. The van der Waals surface area contributed by atoms with Gasteiger partial charge in [0.25, 0.3) is 0 Å². The summed E-state index contributed by atoms with van der Waals surface area (Å²) in [7, 11) is 4.32. The largest absolute Gasteiger partial charge is 0.489 e. The highest BCUT2D eigenvalue weighted by Gasteiger charge is 2.33. The standard InChI is InChI=1S/C25H28N6O/c1-29(2)20-11-12-22(13-20)31(25-24-15-26-18-30(24)28-17-27-25)21-9-6-10-23(14-21)32-16-19-7-4-3-5-8-19/h3-10,14-15,17-18,20,22H,11-13,16H2,1-2H3. The van der Waals surface area contributed by atoms with Crippen molar-refractivity contribution < 1.29 is 4.74 Å². The van der Waals surface area contributed by atoms with Gasteiger partial charge < -0.3 is 14.5 Å². The van der Waals surface area contributed by atoms with Crippen LogP contribution in [0.4, 0.5) is 11.5 Å². The Morgan fingerprint density at radius 3 is 2.69 bits per heavy atom. The normalized spacial score (nSPS) is 18.3. The van der Waals surface area contributed by atoms with E-state index in [1.54, 1.807) is 17.2 Å². The van der Waals surface area contributed by atoms with Gasteiger partial charge in [0.1, 0.15) is 30.5 Å². The number of nitrogens with zero attached hydrogens (tertiary/aromatic N) is 6. The zero-order valence-corrected chi connectivity index (χ0v) is 18.5. The smallest absolute Gasteiger partial charge is 0.162 e. The highest BCUT2D eigenvalue weighted by molar-refractivity contribution is 5.75. The fourth-order valence-corrected chi connectivity index (χ4v) is 4.54. The van der Waals surface area contributed by atoms with Gasteiger partial charge in [0.15, 0.2) is 5.82 Å². The molecule has 0 spiro atoms. The lowest BCUT2D eigenvalue weighted by atomic mass is 10.1. The highest BCUT2D eigenvalue weighted by Crippen LogP contribution is 2.38. The van der Waals surface area contributed by atoms with Crippen molar-refractivity contribution in [1.82, 2.24) is 24.5 Å². The van der Waals surface area contributed by atoms with Crippen LogP contribution in [-0.2, 0) is 6.61 Å². The minimum atomic E-state index is 0.334. The van der Waals surface area contributed by atoms with E-state index in [2.05, 4.69) is 64.3 Å². The van der Waals surface area contributed by atoms with Gasteiger partial charge in [-0.3, -0.25) is 0 Å². The molecule has 0 radical (unpaired) electrons. The summed E-state index contributed by atoms with van der Waals surface area (Å²) in [6.45, 7) is 0.538. The monoisotopic (exact) mass is 428 g/mol. The number of benzene rings is 2. The minimum absolute atomic E-state index is 0.334. The maximum atomic E-state index is 6.13. The molecule has 2 aromatic heterocycles. The van der Waals surface area contributed by atoms with Gasteiger partial charge in [-0.1, -0.05) is 36.4 Å². The second-order valence-corrected chi connectivity index (χ2v) is 8.53. The molecule has 164 valence electrons. The first-order valence-electron chi connectivity index (χ1n) is 11.0. The molecule has 0 N–H and O–H groups in total. The number of ether oxygens (including phenoxy) is 1. The summed E-state index contributed by atoms with van der Waals surface area (Å²) < 4.78 is 7.91. The second-order valence-electron chi connectivity index (χ2n) is 8.53. The molecule has 0 saturated heterocycles. The first-order valence-corrected chi connectivity index (χ1v) is 11.0. The summed E-state index contributed by atoms with van der Waals surface area (Å²) in [4.78, 5) is 13.7. The van der Waals surface area contributed by atoms with E-state index >= 15 is 0 Å². The fourth-order valence-electron chi connectivity index (χ4n) is 4.54. The lowest BCUT2D eigenvalue weighted by molar-refractivity contribution is 0.296. The third kappa shape index (κ3) is 4.16. The van der Waals surface area contributed by atoms with Gasteiger partial charge in [0.2, 0.25) is 0 Å². The maximum absolute atomic E-state index is 6.13. The molecule has 1 aliphatic rings. The first-order chi connectivity index (χ1) is 15.7. The predicted octanol–water partition coefficient (Wildman–Crippen LogP) is 4.32. The lowest BCUT2D eigenvalue weighted by Crippen LogP contribution is -2.33. The van der Waals surface area contributed by atoms with Crippen molar-refractivity contribution in [3.63, 3.8) is 0 Å². The second kappa shape index (κ2) is 8.96. The van der Waals surface area contributed by atoms with E-state index in [0.29, 0.717) is 18.7 Å². The molecule has 7 heteroatoms. The van der Waals surface area contributed by atoms with Crippen LogP contribution in [0.15, 0.2) is 73.4 Å². The van der Waals surface area contributed by atoms with Crippen LogP contribution in [0.5, 0.6) is 5.75 Å². The Hall–Kier alpha value is -3.45. The van der Waals surface area contributed by atoms with Crippen molar-refractivity contribution in [2.24, 2.45) is 0 Å².